The van der Waals surface area contributed by atoms with E-state index in [0.717, 1.165) is 8.04 Å². The van der Waals surface area contributed by atoms with Gasteiger partial charge in [-0.25, -0.2) is 4.79 Å². The van der Waals surface area contributed by atoms with E-state index in [1.165, 1.54) is 0 Å². The Labute approximate surface area is 85.9 Å². The number of carboxylic acid groups (broad SMARTS) is 1. The smallest absolute Gasteiger partial charge is 0.335 e. The molecule has 0 saturated carbocycles. The summed E-state index contributed by atoms with van der Waals surface area (Å²) in [5.41, 5.74) is 0.317. The Bertz CT molecular complexity index is 298. The molecular weight excluding hydrogens is 323 g/mol. The highest BCUT2D eigenvalue weighted by Crippen LogP contribution is 2.19. The summed E-state index contributed by atoms with van der Waals surface area (Å²) in [6.45, 7) is 0. The van der Waals surface area contributed by atoms with Gasteiger partial charge in [0, 0.05) is 8.04 Å². The summed E-state index contributed by atoms with van der Waals surface area (Å²) < 4.78 is 1.82. The minimum atomic E-state index is -0.893. The molecule has 0 saturated heterocycles. The molecular formula is C7H4BrIO2. The van der Waals surface area contributed by atoms with Crippen LogP contribution < -0.4 is 0 Å². The van der Waals surface area contributed by atoms with Crippen molar-refractivity contribution in [2.75, 3.05) is 0 Å². The standard InChI is InChI=1S/C7H4BrIO2/c8-5-2-1-4(7(10)11)3-6(5)9/h1-3H,(H,10,11). The van der Waals surface area contributed by atoms with E-state index in [0.29, 0.717) is 5.56 Å². The van der Waals surface area contributed by atoms with Crippen LogP contribution in [0.5, 0.6) is 0 Å². The predicted molar refractivity (Wildman–Crippen MR) is 53.8 cm³/mol. The molecule has 1 aromatic carbocycles. The van der Waals surface area contributed by atoms with E-state index in [1.54, 1.807) is 18.2 Å². The number of hydrogen-bond acceptors (Lipinski definition) is 1. The average molecular weight is 327 g/mol. The lowest BCUT2D eigenvalue weighted by molar-refractivity contribution is 0.0697. The van der Waals surface area contributed by atoms with Gasteiger partial charge in [0.05, 0.1) is 5.56 Å². The normalized spacial score (nSPS) is 9.64. The highest BCUT2D eigenvalue weighted by atomic mass is 127. The molecule has 2 nitrogen and oxygen atoms in total. The fourth-order valence-corrected chi connectivity index (χ4v) is 1.39. The van der Waals surface area contributed by atoms with E-state index in [2.05, 4.69) is 38.5 Å². The molecule has 0 heterocycles. The Kier molecular flexibility index (Phi) is 2.89. The van der Waals surface area contributed by atoms with E-state index in [4.69, 9.17) is 5.11 Å². The third kappa shape index (κ3) is 2.16. The number of hydrogen-bond donors (Lipinski definition) is 1. The van der Waals surface area contributed by atoms with Crippen LogP contribution in [0.25, 0.3) is 0 Å². The highest BCUT2D eigenvalue weighted by molar-refractivity contribution is 14.1. The number of aromatic carboxylic acids is 1. The Morgan fingerprint density at radius 2 is 2.18 bits per heavy atom. The molecule has 11 heavy (non-hydrogen) atoms. The molecule has 0 aliphatic heterocycles. The molecule has 0 aromatic heterocycles. The van der Waals surface area contributed by atoms with Crippen molar-refractivity contribution in [3.05, 3.63) is 31.8 Å². The van der Waals surface area contributed by atoms with E-state index in [9.17, 15) is 4.79 Å². The van der Waals surface area contributed by atoms with Gasteiger partial charge < -0.3 is 5.11 Å². The molecule has 0 amide bonds. The van der Waals surface area contributed by atoms with Crippen LogP contribution >= 0.6 is 38.5 Å². The van der Waals surface area contributed by atoms with Crippen molar-refractivity contribution in [1.82, 2.24) is 0 Å². The minimum absolute atomic E-state index is 0.317. The van der Waals surface area contributed by atoms with Gasteiger partial charge in [-0.1, -0.05) is 0 Å². The van der Waals surface area contributed by atoms with Crippen LogP contribution in [0.2, 0.25) is 0 Å². The molecule has 0 radical (unpaired) electrons. The molecule has 0 aliphatic carbocycles. The fraction of sp³-hybridized carbons (Fsp3) is 0. The molecule has 0 bridgehead atoms. The maximum Gasteiger partial charge on any atom is 0.335 e. The van der Waals surface area contributed by atoms with Gasteiger partial charge in [-0.15, -0.1) is 0 Å². The first kappa shape index (κ1) is 8.99. The van der Waals surface area contributed by atoms with Crippen molar-refractivity contribution in [3.63, 3.8) is 0 Å². The summed E-state index contributed by atoms with van der Waals surface area (Å²) in [5, 5.41) is 8.58. The monoisotopic (exact) mass is 326 g/mol. The van der Waals surface area contributed by atoms with Crippen molar-refractivity contribution in [2.45, 2.75) is 0 Å². The van der Waals surface area contributed by atoms with Gasteiger partial charge in [0.1, 0.15) is 0 Å². The summed E-state index contributed by atoms with van der Waals surface area (Å²) in [6.07, 6.45) is 0. The molecule has 1 N–H and O–H groups in total. The fourth-order valence-electron chi connectivity index (χ4n) is 0.629. The Hall–Kier alpha value is -0.100. The van der Waals surface area contributed by atoms with Crippen LogP contribution in [-0.2, 0) is 0 Å². The van der Waals surface area contributed by atoms with Gasteiger partial charge >= 0.3 is 5.97 Å². The first-order valence-corrected chi connectivity index (χ1v) is 4.67. The zero-order valence-electron chi connectivity index (χ0n) is 5.34. The van der Waals surface area contributed by atoms with Gasteiger partial charge in [0.2, 0.25) is 0 Å². The van der Waals surface area contributed by atoms with Crippen molar-refractivity contribution in [1.29, 1.82) is 0 Å². The van der Waals surface area contributed by atoms with E-state index in [1.807, 2.05) is 0 Å². The number of carbonyl (C=O) groups is 1. The number of rotatable bonds is 1. The lowest BCUT2D eigenvalue weighted by Gasteiger charge is -1.96. The first-order valence-electron chi connectivity index (χ1n) is 2.79. The predicted octanol–water partition coefficient (Wildman–Crippen LogP) is 2.75. The third-order valence-corrected chi connectivity index (χ3v) is 3.49. The van der Waals surface area contributed by atoms with Gasteiger partial charge in [0.25, 0.3) is 0 Å². The molecule has 4 heteroatoms. The van der Waals surface area contributed by atoms with E-state index >= 15 is 0 Å². The van der Waals surface area contributed by atoms with Gasteiger partial charge in [-0.2, -0.15) is 0 Å². The van der Waals surface area contributed by atoms with Crippen molar-refractivity contribution in [2.24, 2.45) is 0 Å². The molecule has 58 valence electrons. The second-order valence-corrected chi connectivity index (χ2v) is 3.95. The topological polar surface area (TPSA) is 37.3 Å². The van der Waals surface area contributed by atoms with Crippen LogP contribution in [-0.4, -0.2) is 11.1 Å². The highest BCUT2D eigenvalue weighted by Gasteiger charge is 2.03. The SMILES string of the molecule is O=C(O)c1ccc(Br)c(I)c1. The number of halogens is 2. The summed E-state index contributed by atoms with van der Waals surface area (Å²) >= 11 is 5.35. The van der Waals surface area contributed by atoms with Crippen LogP contribution in [0.1, 0.15) is 10.4 Å². The van der Waals surface area contributed by atoms with E-state index < -0.39 is 5.97 Å². The number of benzene rings is 1. The summed E-state index contributed by atoms with van der Waals surface area (Å²) in [4.78, 5) is 10.4. The summed E-state index contributed by atoms with van der Waals surface area (Å²) in [7, 11) is 0. The Morgan fingerprint density at radius 3 is 2.64 bits per heavy atom. The van der Waals surface area contributed by atoms with Crippen LogP contribution in [0, 0.1) is 3.57 Å². The molecule has 1 aromatic rings. The minimum Gasteiger partial charge on any atom is -0.478 e. The second-order valence-electron chi connectivity index (χ2n) is 1.93. The zero-order chi connectivity index (χ0) is 8.43. The van der Waals surface area contributed by atoms with Crippen LogP contribution in [0.4, 0.5) is 0 Å². The summed E-state index contributed by atoms with van der Waals surface area (Å²) in [5.74, 6) is -0.893. The second kappa shape index (κ2) is 3.53. The largest absolute Gasteiger partial charge is 0.478 e. The average Bonchev–Trinajstić information content (AvgIpc) is 1.94. The van der Waals surface area contributed by atoms with Crippen LogP contribution in [0.15, 0.2) is 22.7 Å². The zero-order valence-corrected chi connectivity index (χ0v) is 9.09. The van der Waals surface area contributed by atoms with Gasteiger partial charge in [-0.3, -0.25) is 0 Å². The van der Waals surface area contributed by atoms with Crippen molar-refractivity contribution >= 4 is 44.5 Å². The van der Waals surface area contributed by atoms with Crippen molar-refractivity contribution < 1.29 is 9.90 Å². The summed E-state index contributed by atoms with van der Waals surface area (Å²) in [6, 6.07) is 4.91. The molecule has 0 fully saturated rings. The van der Waals surface area contributed by atoms with Crippen molar-refractivity contribution in [3.8, 4) is 0 Å². The lowest BCUT2D eigenvalue weighted by atomic mass is 10.2. The van der Waals surface area contributed by atoms with E-state index in [-0.39, 0.29) is 0 Å². The van der Waals surface area contributed by atoms with Gasteiger partial charge in [0.15, 0.2) is 0 Å². The van der Waals surface area contributed by atoms with Gasteiger partial charge in [-0.05, 0) is 56.7 Å². The maximum absolute atomic E-state index is 10.4. The third-order valence-electron chi connectivity index (χ3n) is 1.17. The first-order chi connectivity index (χ1) is 5.11. The maximum atomic E-state index is 10.4. The number of carboxylic acids is 1. The molecule has 1 rings (SSSR count). The molecule has 0 atom stereocenters. The molecule has 0 unspecified atom stereocenters. The lowest BCUT2D eigenvalue weighted by Crippen LogP contribution is -1.95. The van der Waals surface area contributed by atoms with Crippen LogP contribution in [0.3, 0.4) is 0 Å². The molecule has 0 spiro atoms. The Morgan fingerprint density at radius 1 is 1.55 bits per heavy atom. The quantitative estimate of drug-likeness (QED) is 0.806. The molecule has 0 aliphatic rings. The Balaban J connectivity index is 3.15.